The molecule has 2 rings (SSSR count). The summed E-state index contributed by atoms with van der Waals surface area (Å²) in [7, 11) is 1.41. The van der Waals surface area contributed by atoms with Gasteiger partial charge in [0.05, 0.1) is 5.41 Å². The van der Waals surface area contributed by atoms with E-state index < -0.39 is 19.2 Å². The molecule has 92 valence electrons. The highest BCUT2D eigenvalue weighted by molar-refractivity contribution is 8.15. The van der Waals surface area contributed by atoms with E-state index in [4.69, 9.17) is 22.3 Å². The van der Waals surface area contributed by atoms with E-state index >= 15 is 0 Å². The fraction of sp³-hybridized carbons (Fsp3) is 0.900. The minimum absolute atomic E-state index is 0.0435. The van der Waals surface area contributed by atoms with Gasteiger partial charge in [-0.05, 0) is 24.2 Å². The fourth-order valence-electron chi connectivity index (χ4n) is 3.48. The molecule has 0 aromatic carbocycles. The number of halogens is 2. The van der Waals surface area contributed by atoms with E-state index in [0.717, 1.165) is 6.42 Å². The molecule has 0 N–H and O–H groups in total. The van der Waals surface area contributed by atoms with Crippen LogP contribution >= 0.6 is 22.3 Å². The molecule has 2 aliphatic carbocycles. The number of hydrogen-bond donors (Lipinski definition) is 0. The van der Waals surface area contributed by atoms with Crippen molar-refractivity contribution in [1.29, 1.82) is 0 Å². The lowest BCUT2D eigenvalue weighted by atomic mass is 9.70. The zero-order chi connectivity index (χ0) is 12.4. The molecule has 3 unspecified atom stereocenters. The average Bonchev–Trinajstić information content (AvgIpc) is 2.48. The van der Waals surface area contributed by atoms with Crippen LogP contribution in [-0.4, -0.2) is 18.9 Å². The number of rotatable bonds is 2. The Morgan fingerprint density at radius 2 is 2.00 bits per heavy atom. The van der Waals surface area contributed by atoms with Crippen LogP contribution in [0.5, 0.6) is 0 Å². The zero-order valence-corrected chi connectivity index (χ0v) is 11.5. The Kier molecular flexibility index (Phi) is 2.66. The lowest BCUT2D eigenvalue weighted by molar-refractivity contribution is -0.128. The van der Waals surface area contributed by atoms with Crippen LogP contribution in [-0.2, 0) is 13.8 Å². The molecule has 0 aliphatic heterocycles. The summed E-state index contributed by atoms with van der Waals surface area (Å²) in [6.45, 7) is 3.85. The van der Waals surface area contributed by atoms with Crippen molar-refractivity contribution < 1.29 is 13.2 Å². The minimum atomic E-state index is -3.92. The normalized spacial score (nSPS) is 39.0. The van der Waals surface area contributed by atoms with Crippen molar-refractivity contribution in [2.75, 3.05) is 0 Å². The largest absolute Gasteiger partial charge is 0.299 e. The number of Topliss-reactive ketones (excluding diaryl/α,β-unsaturated/α-hetero) is 1. The van der Waals surface area contributed by atoms with Gasteiger partial charge in [0.25, 0.3) is 0 Å². The van der Waals surface area contributed by atoms with E-state index in [0.29, 0.717) is 12.8 Å². The molecule has 0 aromatic rings. The lowest BCUT2D eigenvalue weighted by Crippen LogP contribution is -2.46. The van der Waals surface area contributed by atoms with Crippen molar-refractivity contribution in [2.45, 2.75) is 37.8 Å². The van der Waals surface area contributed by atoms with Crippen LogP contribution in [0.4, 0.5) is 0 Å². The highest BCUT2D eigenvalue weighted by atomic mass is 35.7. The van der Waals surface area contributed by atoms with Gasteiger partial charge in [0.15, 0.2) is 4.71 Å². The Morgan fingerprint density at radius 1 is 1.44 bits per heavy atom. The first-order chi connectivity index (χ1) is 7.14. The van der Waals surface area contributed by atoms with Gasteiger partial charge in [-0.3, -0.25) is 4.79 Å². The summed E-state index contributed by atoms with van der Waals surface area (Å²) in [4.78, 5) is 12.1. The van der Waals surface area contributed by atoms with Crippen LogP contribution < -0.4 is 0 Å². The molecule has 0 spiro atoms. The van der Waals surface area contributed by atoms with Gasteiger partial charge in [0, 0.05) is 17.1 Å². The maximum absolute atomic E-state index is 12.1. The molecule has 0 aromatic heterocycles. The molecule has 2 bridgehead atoms. The van der Waals surface area contributed by atoms with Crippen molar-refractivity contribution in [3.05, 3.63) is 0 Å². The second kappa shape index (κ2) is 3.36. The second-order valence-corrected chi connectivity index (χ2v) is 8.76. The zero-order valence-electron chi connectivity index (χ0n) is 9.16. The monoisotopic (exact) mass is 284 g/mol. The van der Waals surface area contributed by atoms with Gasteiger partial charge in [-0.2, -0.15) is 0 Å². The standard InChI is InChI=1S/C10H14Cl2O3S/c1-9(2)6-3-4-10(9,7(13)5-6)8(11)16(12,14)15/h6,8H,3-5H2,1-2H3. The maximum Gasteiger partial charge on any atom is 0.250 e. The van der Waals surface area contributed by atoms with Crippen LogP contribution in [0.25, 0.3) is 0 Å². The highest BCUT2D eigenvalue weighted by Gasteiger charge is 2.69. The first-order valence-electron chi connectivity index (χ1n) is 5.25. The smallest absolute Gasteiger partial charge is 0.250 e. The Balaban J connectivity index is 2.56. The Hall–Kier alpha value is 0.200. The summed E-state index contributed by atoms with van der Waals surface area (Å²) in [5.74, 6) is 0.192. The number of hydrogen-bond acceptors (Lipinski definition) is 3. The summed E-state index contributed by atoms with van der Waals surface area (Å²) >= 11 is 5.99. The molecule has 6 heteroatoms. The Morgan fingerprint density at radius 3 is 2.31 bits per heavy atom. The number of fused-ring (bicyclic) bond motifs is 2. The number of alkyl halides is 1. The summed E-state index contributed by atoms with van der Waals surface area (Å²) in [5.41, 5.74) is -1.36. The molecular weight excluding hydrogens is 271 g/mol. The first kappa shape index (κ1) is 12.7. The number of carbonyl (C=O) groups excluding carboxylic acids is 1. The van der Waals surface area contributed by atoms with E-state index in [1.54, 1.807) is 0 Å². The third kappa shape index (κ3) is 1.33. The molecule has 0 heterocycles. The van der Waals surface area contributed by atoms with E-state index in [2.05, 4.69) is 0 Å². The molecule has 3 atom stereocenters. The van der Waals surface area contributed by atoms with E-state index in [9.17, 15) is 13.2 Å². The van der Waals surface area contributed by atoms with Crippen molar-refractivity contribution in [1.82, 2.24) is 0 Å². The molecule has 2 aliphatic rings. The third-order valence-electron chi connectivity index (χ3n) is 4.62. The minimum Gasteiger partial charge on any atom is -0.299 e. The van der Waals surface area contributed by atoms with E-state index in [-0.39, 0.29) is 17.1 Å². The topological polar surface area (TPSA) is 51.2 Å². The number of ketones is 1. The Bertz CT molecular complexity index is 443. The predicted molar refractivity (Wildman–Crippen MR) is 63.0 cm³/mol. The van der Waals surface area contributed by atoms with Crippen molar-refractivity contribution in [3.63, 3.8) is 0 Å². The molecule has 0 amide bonds. The quantitative estimate of drug-likeness (QED) is 0.578. The Labute approximate surface area is 105 Å². The molecule has 16 heavy (non-hydrogen) atoms. The molecule has 0 radical (unpaired) electrons. The van der Waals surface area contributed by atoms with Crippen LogP contribution in [0, 0.1) is 16.7 Å². The third-order valence-corrected chi connectivity index (χ3v) is 7.40. The van der Waals surface area contributed by atoms with Gasteiger partial charge >= 0.3 is 0 Å². The lowest BCUT2D eigenvalue weighted by Gasteiger charge is -2.38. The molecular formula is C10H14Cl2O3S. The first-order valence-corrected chi connectivity index (χ1v) is 8.06. The molecule has 3 nitrogen and oxygen atoms in total. The van der Waals surface area contributed by atoms with Gasteiger partial charge in [-0.1, -0.05) is 13.8 Å². The second-order valence-electron chi connectivity index (χ2n) is 5.35. The SMILES string of the molecule is CC1(C)C2CCC1(C(Cl)S(=O)(=O)Cl)C(=O)C2. The highest BCUT2D eigenvalue weighted by Crippen LogP contribution is 2.67. The average molecular weight is 285 g/mol. The molecule has 0 saturated heterocycles. The van der Waals surface area contributed by atoms with Gasteiger partial charge in [-0.25, -0.2) is 8.42 Å². The van der Waals surface area contributed by atoms with Crippen LogP contribution in [0.3, 0.4) is 0 Å². The molecule has 2 fully saturated rings. The summed E-state index contributed by atoms with van der Waals surface area (Å²) in [6, 6.07) is 0. The van der Waals surface area contributed by atoms with Gasteiger partial charge in [-0.15, -0.1) is 11.6 Å². The van der Waals surface area contributed by atoms with Crippen LogP contribution in [0.15, 0.2) is 0 Å². The number of carbonyl (C=O) groups is 1. The van der Waals surface area contributed by atoms with Crippen LogP contribution in [0.1, 0.15) is 33.1 Å². The van der Waals surface area contributed by atoms with Crippen LogP contribution in [0.2, 0.25) is 0 Å². The van der Waals surface area contributed by atoms with E-state index in [1.165, 1.54) is 0 Å². The predicted octanol–water partition coefficient (Wildman–Crippen LogP) is 2.52. The van der Waals surface area contributed by atoms with Gasteiger partial charge in [0.1, 0.15) is 5.78 Å². The fourth-order valence-corrected chi connectivity index (χ4v) is 5.49. The molecule has 2 saturated carbocycles. The van der Waals surface area contributed by atoms with E-state index in [1.807, 2.05) is 13.8 Å². The van der Waals surface area contributed by atoms with Crippen molar-refractivity contribution in [2.24, 2.45) is 16.7 Å². The van der Waals surface area contributed by atoms with Gasteiger partial charge in [0.2, 0.25) is 9.05 Å². The van der Waals surface area contributed by atoms with Crippen molar-refractivity contribution in [3.8, 4) is 0 Å². The van der Waals surface area contributed by atoms with Gasteiger partial charge < -0.3 is 0 Å². The van der Waals surface area contributed by atoms with Crippen molar-refractivity contribution >= 4 is 37.1 Å². The maximum atomic E-state index is 12.1. The summed E-state index contributed by atoms with van der Waals surface area (Å²) in [5, 5.41) is 0. The summed E-state index contributed by atoms with van der Waals surface area (Å²) in [6.07, 6.45) is 1.82. The summed E-state index contributed by atoms with van der Waals surface area (Å²) < 4.78 is 21.5.